The normalized spacial score (nSPS) is 20.7. The molecule has 2 aliphatic rings. The molecule has 2 fully saturated rings. The van der Waals surface area contributed by atoms with E-state index < -0.39 is 5.60 Å². The van der Waals surface area contributed by atoms with Crippen LogP contribution in [0.5, 0.6) is 0 Å². The topological polar surface area (TPSA) is 52.6 Å². The summed E-state index contributed by atoms with van der Waals surface area (Å²) < 4.78 is 0. The number of anilines is 2. The fourth-order valence-electron chi connectivity index (χ4n) is 3.78. The third-order valence-corrected chi connectivity index (χ3v) is 6.05. The molecule has 1 saturated carbocycles. The van der Waals surface area contributed by atoms with Gasteiger partial charge >= 0.3 is 0 Å². The predicted octanol–water partition coefficient (Wildman–Crippen LogP) is 3.57. The van der Waals surface area contributed by atoms with Crippen LogP contribution >= 0.6 is 11.8 Å². The van der Waals surface area contributed by atoms with Gasteiger partial charge in [0.15, 0.2) is 0 Å². The Labute approximate surface area is 149 Å². The van der Waals surface area contributed by atoms with Crippen LogP contribution in [0.3, 0.4) is 0 Å². The zero-order valence-electron chi connectivity index (χ0n) is 14.5. The summed E-state index contributed by atoms with van der Waals surface area (Å²) in [6, 6.07) is 6.13. The first kappa shape index (κ1) is 17.6. The number of aryl methyl sites for hydroxylation is 1. The molecule has 0 atom stereocenters. The van der Waals surface area contributed by atoms with Crippen LogP contribution in [-0.2, 0) is 4.79 Å². The number of nitrogens with zero attached hydrogens (tertiary/aromatic N) is 1. The van der Waals surface area contributed by atoms with E-state index in [0.717, 1.165) is 44.5 Å². The summed E-state index contributed by atoms with van der Waals surface area (Å²) in [6.07, 6.45) is 4.89. The zero-order chi connectivity index (χ0) is 17.0. The lowest BCUT2D eigenvalue weighted by molar-refractivity contribution is -0.122. The molecule has 1 aromatic carbocycles. The minimum absolute atomic E-state index is 0.0825. The van der Waals surface area contributed by atoms with Crippen LogP contribution in [0.1, 0.15) is 44.1 Å². The van der Waals surface area contributed by atoms with Gasteiger partial charge < -0.3 is 15.3 Å². The van der Waals surface area contributed by atoms with E-state index in [4.69, 9.17) is 0 Å². The molecule has 1 aliphatic heterocycles. The second kappa shape index (κ2) is 7.79. The highest BCUT2D eigenvalue weighted by molar-refractivity contribution is 7.99. The maximum Gasteiger partial charge on any atom is 0.227 e. The van der Waals surface area contributed by atoms with E-state index in [1.165, 1.54) is 29.2 Å². The van der Waals surface area contributed by atoms with Gasteiger partial charge in [0.1, 0.15) is 0 Å². The highest BCUT2D eigenvalue weighted by Gasteiger charge is 2.31. The summed E-state index contributed by atoms with van der Waals surface area (Å²) in [5.41, 5.74) is 2.48. The maximum atomic E-state index is 12.3. The van der Waals surface area contributed by atoms with Gasteiger partial charge in [0.2, 0.25) is 5.91 Å². The van der Waals surface area contributed by atoms with Gasteiger partial charge in [-0.05, 0) is 43.5 Å². The molecule has 5 heteroatoms. The summed E-state index contributed by atoms with van der Waals surface area (Å²) >= 11 is 2.00. The Morgan fingerprint density at radius 2 is 1.96 bits per heavy atom. The Kier molecular flexibility index (Phi) is 5.72. The van der Waals surface area contributed by atoms with Gasteiger partial charge in [-0.2, -0.15) is 11.8 Å². The van der Waals surface area contributed by atoms with Crippen LogP contribution < -0.4 is 10.2 Å². The molecule has 1 saturated heterocycles. The molecule has 2 N–H and O–H groups in total. The molecule has 1 aliphatic carbocycles. The van der Waals surface area contributed by atoms with Gasteiger partial charge in [0, 0.05) is 36.0 Å². The molecular formula is C19H28N2O2S. The summed E-state index contributed by atoms with van der Waals surface area (Å²) in [5.74, 6) is 2.27. The predicted molar refractivity (Wildman–Crippen MR) is 102 cm³/mol. The van der Waals surface area contributed by atoms with Gasteiger partial charge in [-0.15, -0.1) is 0 Å². The molecule has 1 heterocycles. The minimum Gasteiger partial charge on any atom is -0.389 e. The SMILES string of the molecule is Cc1cc(NC(=O)CC2(O)CCCCC2)ccc1N1CCSCC1. The molecular weight excluding hydrogens is 320 g/mol. The fraction of sp³-hybridized carbons (Fsp3) is 0.632. The average molecular weight is 349 g/mol. The van der Waals surface area contributed by atoms with E-state index in [-0.39, 0.29) is 12.3 Å². The van der Waals surface area contributed by atoms with Crippen molar-refractivity contribution in [1.82, 2.24) is 0 Å². The van der Waals surface area contributed by atoms with Crippen LogP contribution in [0.4, 0.5) is 11.4 Å². The Morgan fingerprint density at radius 1 is 1.25 bits per heavy atom. The van der Waals surface area contributed by atoms with Gasteiger partial charge in [-0.25, -0.2) is 0 Å². The minimum atomic E-state index is -0.803. The zero-order valence-corrected chi connectivity index (χ0v) is 15.3. The average Bonchev–Trinajstić information content (AvgIpc) is 2.56. The van der Waals surface area contributed by atoms with Gasteiger partial charge in [0.25, 0.3) is 0 Å². The highest BCUT2D eigenvalue weighted by atomic mass is 32.2. The molecule has 0 unspecified atom stereocenters. The maximum absolute atomic E-state index is 12.3. The first-order chi connectivity index (χ1) is 11.6. The van der Waals surface area contributed by atoms with Crippen molar-refractivity contribution in [3.8, 4) is 0 Å². The number of thioether (sulfide) groups is 1. The van der Waals surface area contributed by atoms with Gasteiger partial charge in [-0.3, -0.25) is 4.79 Å². The number of benzene rings is 1. The van der Waals surface area contributed by atoms with E-state index in [9.17, 15) is 9.90 Å². The Morgan fingerprint density at radius 3 is 2.62 bits per heavy atom. The van der Waals surface area contributed by atoms with Crippen molar-refractivity contribution >= 4 is 29.0 Å². The number of carbonyl (C=O) groups is 1. The number of aliphatic hydroxyl groups is 1. The Balaban J connectivity index is 1.60. The van der Waals surface area contributed by atoms with Crippen molar-refractivity contribution in [2.24, 2.45) is 0 Å². The molecule has 0 radical (unpaired) electrons. The molecule has 132 valence electrons. The monoisotopic (exact) mass is 348 g/mol. The van der Waals surface area contributed by atoms with E-state index in [1.807, 2.05) is 23.9 Å². The van der Waals surface area contributed by atoms with E-state index in [0.29, 0.717) is 0 Å². The lowest BCUT2D eigenvalue weighted by Crippen LogP contribution is -2.36. The molecule has 1 amide bonds. The third-order valence-electron chi connectivity index (χ3n) is 5.11. The van der Waals surface area contributed by atoms with E-state index in [2.05, 4.69) is 23.2 Å². The van der Waals surface area contributed by atoms with Crippen LogP contribution in [0.15, 0.2) is 18.2 Å². The van der Waals surface area contributed by atoms with E-state index in [1.54, 1.807) is 0 Å². The first-order valence-electron chi connectivity index (χ1n) is 9.01. The quantitative estimate of drug-likeness (QED) is 0.873. The van der Waals surface area contributed by atoms with Crippen molar-refractivity contribution in [1.29, 1.82) is 0 Å². The van der Waals surface area contributed by atoms with Crippen molar-refractivity contribution in [3.63, 3.8) is 0 Å². The van der Waals surface area contributed by atoms with Crippen molar-refractivity contribution in [2.45, 2.75) is 51.0 Å². The number of hydrogen-bond acceptors (Lipinski definition) is 4. The highest BCUT2D eigenvalue weighted by Crippen LogP contribution is 2.31. The molecule has 1 aromatic rings. The smallest absolute Gasteiger partial charge is 0.227 e. The van der Waals surface area contributed by atoms with Crippen LogP contribution in [0, 0.1) is 6.92 Å². The molecule has 4 nitrogen and oxygen atoms in total. The molecule has 0 spiro atoms. The molecule has 24 heavy (non-hydrogen) atoms. The van der Waals surface area contributed by atoms with Gasteiger partial charge in [0.05, 0.1) is 12.0 Å². The summed E-state index contributed by atoms with van der Waals surface area (Å²) in [5, 5.41) is 13.5. The van der Waals surface area contributed by atoms with Crippen LogP contribution in [0.25, 0.3) is 0 Å². The number of amides is 1. The number of hydrogen-bond donors (Lipinski definition) is 2. The third kappa shape index (κ3) is 4.45. The standard InChI is InChI=1S/C19H28N2O2S/c1-15-13-16(5-6-17(15)21-9-11-24-12-10-21)20-18(22)14-19(23)7-3-2-4-8-19/h5-6,13,23H,2-4,7-12,14H2,1H3,(H,20,22). The second-order valence-corrected chi connectivity index (χ2v) is 8.34. The number of nitrogens with one attached hydrogen (secondary N) is 1. The summed E-state index contributed by atoms with van der Waals surface area (Å²) in [4.78, 5) is 14.7. The Hall–Kier alpha value is -1.20. The first-order valence-corrected chi connectivity index (χ1v) is 10.2. The molecule has 0 bridgehead atoms. The number of carbonyl (C=O) groups excluding carboxylic acids is 1. The fourth-order valence-corrected chi connectivity index (χ4v) is 4.69. The lowest BCUT2D eigenvalue weighted by Gasteiger charge is -2.31. The van der Waals surface area contributed by atoms with E-state index >= 15 is 0 Å². The van der Waals surface area contributed by atoms with Crippen molar-refractivity contribution in [3.05, 3.63) is 23.8 Å². The number of rotatable bonds is 4. The van der Waals surface area contributed by atoms with Gasteiger partial charge in [-0.1, -0.05) is 19.3 Å². The molecule has 0 aromatic heterocycles. The second-order valence-electron chi connectivity index (χ2n) is 7.11. The lowest BCUT2D eigenvalue weighted by atomic mass is 9.82. The largest absolute Gasteiger partial charge is 0.389 e. The van der Waals surface area contributed by atoms with Crippen LogP contribution in [-0.4, -0.2) is 41.2 Å². The summed E-state index contributed by atoms with van der Waals surface area (Å²) in [7, 11) is 0. The van der Waals surface area contributed by atoms with Crippen molar-refractivity contribution in [2.75, 3.05) is 34.8 Å². The van der Waals surface area contributed by atoms with Crippen LogP contribution in [0.2, 0.25) is 0 Å². The Bertz CT molecular complexity index is 579. The van der Waals surface area contributed by atoms with Crippen molar-refractivity contribution < 1.29 is 9.90 Å². The molecule has 3 rings (SSSR count). The summed E-state index contributed by atoms with van der Waals surface area (Å²) in [6.45, 7) is 4.27.